The molecule has 1 aromatic heterocycles. The summed E-state index contributed by atoms with van der Waals surface area (Å²) in [4.78, 5) is 23.9. The van der Waals surface area contributed by atoms with Crippen molar-refractivity contribution in [1.82, 2.24) is 14.7 Å². The zero-order valence-corrected chi connectivity index (χ0v) is 9.76. The predicted octanol–water partition coefficient (Wildman–Crippen LogP) is 0.274. The molecule has 6 heteroatoms. The van der Waals surface area contributed by atoms with Gasteiger partial charge in [0.25, 0.3) is 5.91 Å². The molecule has 1 rings (SSSR count). The number of carboxylic acids is 1. The predicted molar refractivity (Wildman–Crippen MR) is 57.1 cm³/mol. The molecule has 0 aliphatic heterocycles. The van der Waals surface area contributed by atoms with Crippen LogP contribution in [0.4, 0.5) is 0 Å². The molecule has 0 aromatic carbocycles. The maximum absolute atomic E-state index is 11.9. The van der Waals surface area contributed by atoms with E-state index in [0.29, 0.717) is 5.56 Å². The molecule has 1 heterocycles. The van der Waals surface area contributed by atoms with Gasteiger partial charge in [0.15, 0.2) is 0 Å². The zero-order chi connectivity index (χ0) is 12.5. The van der Waals surface area contributed by atoms with Crippen molar-refractivity contribution in [2.45, 2.75) is 19.9 Å². The van der Waals surface area contributed by atoms with Gasteiger partial charge in [-0.25, -0.2) is 4.79 Å². The van der Waals surface area contributed by atoms with Gasteiger partial charge in [-0.05, 0) is 13.8 Å². The summed E-state index contributed by atoms with van der Waals surface area (Å²) in [5.74, 6) is -1.36. The van der Waals surface area contributed by atoms with Crippen LogP contribution in [-0.4, -0.2) is 44.8 Å². The fraction of sp³-hybridized carbons (Fsp3) is 0.500. The number of rotatable bonds is 3. The second-order valence-corrected chi connectivity index (χ2v) is 3.70. The highest BCUT2D eigenvalue weighted by atomic mass is 16.4. The number of aromatic nitrogens is 2. The Bertz CT molecular complexity index is 425. The number of carbonyl (C=O) groups is 2. The van der Waals surface area contributed by atoms with E-state index in [2.05, 4.69) is 5.10 Å². The molecule has 1 aromatic rings. The van der Waals surface area contributed by atoms with Gasteiger partial charge in [0, 0.05) is 19.8 Å². The average molecular weight is 225 g/mol. The van der Waals surface area contributed by atoms with Crippen LogP contribution in [0.25, 0.3) is 0 Å². The van der Waals surface area contributed by atoms with Crippen LogP contribution in [0.15, 0.2) is 6.20 Å². The van der Waals surface area contributed by atoms with Crippen LogP contribution in [0.1, 0.15) is 23.0 Å². The highest BCUT2D eigenvalue weighted by molar-refractivity contribution is 5.97. The number of hydrogen-bond donors (Lipinski definition) is 1. The second-order valence-electron chi connectivity index (χ2n) is 3.70. The van der Waals surface area contributed by atoms with E-state index in [-0.39, 0.29) is 5.91 Å². The Morgan fingerprint density at radius 1 is 1.56 bits per heavy atom. The lowest BCUT2D eigenvalue weighted by molar-refractivity contribution is -0.141. The van der Waals surface area contributed by atoms with Gasteiger partial charge in [-0.15, -0.1) is 0 Å². The van der Waals surface area contributed by atoms with Crippen molar-refractivity contribution in [3.63, 3.8) is 0 Å². The molecule has 0 radical (unpaired) electrons. The summed E-state index contributed by atoms with van der Waals surface area (Å²) in [6.45, 7) is 3.23. The number of nitrogens with zero attached hydrogens (tertiary/aromatic N) is 3. The van der Waals surface area contributed by atoms with E-state index in [1.165, 1.54) is 25.1 Å². The fourth-order valence-corrected chi connectivity index (χ4v) is 1.24. The molecule has 1 N–H and O–H groups in total. The smallest absolute Gasteiger partial charge is 0.326 e. The number of hydrogen-bond acceptors (Lipinski definition) is 3. The summed E-state index contributed by atoms with van der Waals surface area (Å²) in [6.07, 6.45) is 1.45. The Morgan fingerprint density at radius 3 is 2.50 bits per heavy atom. The minimum atomic E-state index is -1.03. The third kappa shape index (κ3) is 2.05. The summed E-state index contributed by atoms with van der Waals surface area (Å²) in [5.41, 5.74) is 1.15. The maximum Gasteiger partial charge on any atom is 0.326 e. The molecule has 0 fully saturated rings. The number of carboxylic acid groups (broad SMARTS) is 1. The normalized spacial score (nSPS) is 12.2. The molecule has 0 saturated heterocycles. The van der Waals surface area contributed by atoms with Crippen molar-refractivity contribution >= 4 is 11.9 Å². The molecule has 88 valence electrons. The first-order chi connectivity index (χ1) is 7.36. The lowest BCUT2D eigenvalue weighted by Gasteiger charge is -2.21. The van der Waals surface area contributed by atoms with Gasteiger partial charge in [0.2, 0.25) is 0 Å². The molecule has 0 aliphatic carbocycles. The quantitative estimate of drug-likeness (QED) is 0.801. The standard InChI is InChI=1S/C10H15N3O3/c1-6-8(5-11-13(6)4)9(14)12(3)7(2)10(15)16/h5,7H,1-4H3,(H,15,16). The van der Waals surface area contributed by atoms with E-state index in [1.54, 1.807) is 18.7 Å². The number of likely N-dealkylation sites (N-methyl/N-ethyl adjacent to an activating group) is 1. The Hall–Kier alpha value is -1.85. The minimum Gasteiger partial charge on any atom is -0.480 e. The van der Waals surface area contributed by atoms with Crippen molar-refractivity contribution in [3.05, 3.63) is 17.5 Å². The molecule has 0 bridgehead atoms. The molecular weight excluding hydrogens is 210 g/mol. The van der Waals surface area contributed by atoms with Gasteiger partial charge < -0.3 is 10.0 Å². The van der Waals surface area contributed by atoms with Crippen LogP contribution in [0.3, 0.4) is 0 Å². The van der Waals surface area contributed by atoms with Crippen LogP contribution in [0.5, 0.6) is 0 Å². The Morgan fingerprint density at radius 2 is 2.12 bits per heavy atom. The van der Waals surface area contributed by atoms with Gasteiger partial charge in [-0.3, -0.25) is 9.48 Å². The van der Waals surface area contributed by atoms with E-state index in [1.807, 2.05) is 0 Å². The summed E-state index contributed by atoms with van der Waals surface area (Å²) in [5, 5.41) is 12.8. The summed E-state index contributed by atoms with van der Waals surface area (Å²) >= 11 is 0. The topological polar surface area (TPSA) is 75.4 Å². The van der Waals surface area contributed by atoms with Gasteiger partial charge in [0.1, 0.15) is 6.04 Å². The van der Waals surface area contributed by atoms with E-state index in [9.17, 15) is 9.59 Å². The molecule has 16 heavy (non-hydrogen) atoms. The molecule has 0 aliphatic rings. The second kappa shape index (κ2) is 4.34. The highest BCUT2D eigenvalue weighted by Crippen LogP contribution is 2.10. The minimum absolute atomic E-state index is 0.333. The van der Waals surface area contributed by atoms with Crippen LogP contribution >= 0.6 is 0 Å². The van der Waals surface area contributed by atoms with Crippen molar-refractivity contribution in [2.75, 3.05) is 7.05 Å². The molecule has 0 spiro atoms. The number of aliphatic carboxylic acids is 1. The maximum atomic E-state index is 11.9. The fourth-order valence-electron chi connectivity index (χ4n) is 1.24. The largest absolute Gasteiger partial charge is 0.480 e. The first-order valence-electron chi connectivity index (χ1n) is 4.84. The van der Waals surface area contributed by atoms with Gasteiger partial charge in [0.05, 0.1) is 11.8 Å². The van der Waals surface area contributed by atoms with Crippen molar-refractivity contribution in [2.24, 2.45) is 7.05 Å². The van der Waals surface area contributed by atoms with Crippen LogP contribution in [0.2, 0.25) is 0 Å². The Kier molecular flexibility index (Phi) is 3.31. The van der Waals surface area contributed by atoms with Gasteiger partial charge in [-0.2, -0.15) is 5.10 Å². The van der Waals surface area contributed by atoms with E-state index in [4.69, 9.17) is 5.11 Å². The third-order valence-corrected chi connectivity index (χ3v) is 2.72. The van der Waals surface area contributed by atoms with Crippen LogP contribution in [0, 0.1) is 6.92 Å². The zero-order valence-electron chi connectivity index (χ0n) is 9.76. The molecular formula is C10H15N3O3. The van der Waals surface area contributed by atoms with Crippen molar-refractivity contribution in [3.8, 4) is 0 Å². The average Bonchev–Trinajstić information content (AvgIpc) is 2.56. The van der Waals surface area contributed by atoms with E-state index in [0.717, 1.165) is 5.69 Å². The molecule has 1 unspecified atom stereocenters. The number of carbonyl (C=O) groups excluding carboxylic acids is 1. The number of amides is 1. The number of aryl methyl sites for hydroxylation is 1. The highest BCUT2D eigenvalue weighted by Gasteiger charge is 2.24. The lowest BCUT2D eigenvalue weighted by atomic mass is 10.2. The van der Waals surface area contributed by atoms with Crippen LogP contribution < -0.4 is 0 Å². The molecule has 0 saturated carbocycles. The molecule has 1 amide bonds. The van der Waals surface area contributed by atoms with Crippen LogP contribution in [-0.2, 0) is 11.8 Å². The SMILES string of the molecule is Cc1c(C(=O)N(C)C(C)C(=O)O)cnn1C. The first kappa shape index (κ1) is 12.2. The monoisotopic (exact) mass is 225 g/mol. The third-order valence-electron chi connectivity index (χ3n) is 2.72. The molecule has 6 nitrogen and oxygen atoms in total. The van der Waals surface area contributed by atoms with E-state index >= 15 is 0 Å². The van der Waals surface area contributed by atoms with Gasteiger partial charge in [-0.1, -0.05) is 0 Å². The Labute approximate surface area is 93.5 Å². The first-order valence-corrected chi connectivity index (χ1v) is 4.84. The summed E-state index contributed by atoms with van der Waals surface area (Å²) < 4.78 is 1.58. The van der Waals surface area contributed by atoms with Crippen molar-refractivity contribution < 1.29 is 14.7 Å². The summed E-state index contributed by atoms with van der Waals surface area (Å²) in [6, 6.07) is -0.855. The van der Waals surface area contributed by atoms with Crippen molar-refractivity contribution in [1.29, 1.82) is 0 Å². The Balaban J connectivity index is 2.95. The molecule has 1 atom stereocenters. The lowest BCUT2D eigenvalue weighted by Crippen LogP contribution is -2.40. The summed E-state index contributed by atoms with van der Waals surface area (Å²) in [7, 11) is 3.19. The van der Waals surface area contributed by atoms with E-state index < -0.39 is 12.0 Å². The van der Waals surface area contributed by atoms with Gasteiger partial charge >= 0.3 is 5.97 Å².